The molecule has 4 heteroatoms. The van der Waals surface area contributed by atoms with E-state index in [2.05, 4.69) is 5.32 Å². The van der Waals surface area contributed by atoms with Crippen molar-refractivity contribution in [1.82, 2.24) is 0 Å². The molecule has 19 heavy (non-hydrogen) atoms. The Morgan fingerprint density at radius 2 is 2.16 bits per heavy atom. The number of rotatable bonds is 6. The van der Waals surface area contributed by atoms with Crippen LogP contribution in [-0.4, -0.2) is 30.3 Å². The van der Waals surface area contributed by atoms with E-state index in [-0.39, 0.29) is 0 Å². The topological polar surface area (TPSA) is 58.6 Å². The molecule has 0 spiro atoms. The molecule has 1 saturated carbocycles. The van der Waals surface area contributed by atoms with Gasteiger partial charge in [0.25, 0.3) is 0 Å². The largest absolute Gasteiger partial charge is 0.478 e. The maximum Gasteiger partial charge on any atom is 0.337 e. The predicted molar refractivity (Wildman–Crippen MR) is 74.8 cm³/mol. The van der Waals surface area contributed by atoms with Crippen LogP contribution < -0.4 is 5.32 Å². The van der Waals surface area contributed by atoms with E-state index in [1.54, 1.807) is 6.07 Å². The van der Waals surface area contributed by atoms with Gasteiger partial charge >= 0.3 is 5.97 Å². The van der Waals surface area contributed by atoms with Gasteiger partial charge in [-0.05, 0) is 37.5 Å². The highest BCUT2D eigenvalue weighted by molar-refractivity contribution is 5.94. The van der Waals surface area contributed by atoms with Crippen LogP contribution >= 0.6 is 0 Å². The molecule has 1 aliphatic carbocycles. The number of carboxylic acid groups (broad SMARTS) is 1. The molecule has 0 atom stereocenters. The van der Waals surface area contributed by atoms with Gasteiger partial charge in [-0.2, -0.15) is 0 Å². The second-order valence-electron chi connectivity index (χ2n) is 5.06. The number of anilines is 1. The zero-order valence-electron chi connectivity index (χ0n) is 11.3. The van der Waals surface area contributed by atoms with Gasteiger partial charge in [-0.3, -0.25) is 0 Å². The van der Waals surface area contributed by atoms with E-state index in [0.29, 0.717) is 30.5 Å². The van der Waals surface area contributed by atoms with Crippen molar-refractivity contribution < 1.29 is 14.6 Å². The molecule has 0 aromatic heterocycles. The monoisotopic (exact) mass is 263 g/mol. The van der Waals surface area contributed by atoms with Crippen LogP contribution in [0, 0.1) is 6.92 Å². The molecule has 1 aliphatic rings. The highest BCUT2D eigenvalue weighted by Gasteiger charge is 2.15. The molecule has 104 valence electrons. The van der Waals surface area contributed by atoms with Crippen molar-refractivity contribution >= 4 is 11.7 Å². The van der Waals surface area contributed by atoms with Gasteiger partial charge in [-0.1, -0.05) is 18.9 Å². The molecule has 2 N–H and O–H groups in total. The van der Waals surface area contributed by atoms with Crippen LogP contribution in [0.4, 0.5) is 5.69 Å². The standard InChI is InChI=1S/C15H21NO3/c1-11-6-7-13(15(17)18)14(10-11)16-8-9-19-12-4-2-3-5-12/h6-7,10,12,16H,2-5,8-9H2,1H3,(H,17,18). The predicted octanol–water partition coefficient (Wildman–Crippen LogP) is 3.06. The lowest BCUT2D eigenvalue weighted by Crippen LogP contribution is -2.16. The van der Waals surface area contributed by atoms with Crippen LogP contribution in [0.25, 0.3) is 0 Å². The first-order valence-electron chi connectivity index (χ1n) is 6.86. The summed E-state index contributed by atoms with van der Waals surface area (Å²) in [6, 6.07) is 5.31. The van der Waals surface area contributed by atoms with Crippen LogP contribution in [0.1, 0.15) is 41.6 Å². The normalized spacial score (nSPS) is 15.6. The first-order chi connectivity index (χ1) is 9.16. The molecular weight excluding hydrogens is 242 g/mol. The summed E-state index contributed by atoms with van der Waals surface area (Å²) in [5.41, 5.74) is 2.03. The molecule has 2 rings (SSSR count). The van der Waals surface area contributed by atoms with Crippen LogP contribution in [0.3, 0.4) is 0 Å². The molecule has 4 nitrogen and oxygen atoms in total. The van der Waals surface area contributed by atoms with Crippen molar-refractivity contribution in [3.63, 3.8) is 0 Å². The van der Waals surface area contributed by atoms with Crippen LogP contribution in [0.2, 0.25) is 0 Å². The summed E-state index contributed by atoms with van der Waals surface area (Å²) in [6.07, 6.45) is 5.24. The molecule has 0 radical (unpaired) electrons. The third-order valence-corrected chi connectivity index (χ3v) is 3.48. The van der Waals surface area contributed by atoms with Crippen molar-refractivity contribution in [1.29, 1.82) is 0 Å². The maximum atomic E-state index is 11.1. The number of hydrogen-bond donors (Lipinski definition) is 2. The van der Waals surface area contributed by atoms with Gasteiger partial charge in [0, 0.05) is 12.2 Å². The van der Waals surface area contributed by atoms with Gasteiger partial charge in [0.15, 0.2) is 0 Å². The zero-order valence-corrected chi connectivity index (χ0v) is 11.3. The van der Waals surface area contributed by atoms with Gasteiger partial charge in [-0.25, -0.2) is 4.79 Å². The Bertz CT molecular complexity index is 439. The molecule has 0 bridgehead atoms. The third kappa shape index (κ3) is 3.96. The summed E-state index contributed by atoms with van der Waals surface area (Å²) < 4.78 is 5.75. The van der Waals surface area contributed by atoms with E-state index >= 15 is 0 Å². The number of hydrogen-bond acceptors (Lipinski definition) is 3. The Labute approximate surface area is 113 Å². The molecule has 0 amide bonds. The second kappa shape index (κ2) is 6.57. The lowest BCUT2D eigenvalue weighted by Gasteiger charge is -2.13. The minimum Gasteiger partial charge on any atom is -0.478 e. The van der Waals surface area contributed by atoms with Crippen molar-refractivity contribution in [3.05, 3.63) is 29.3 Å². The summed E-state index contributed by atoms with van der Waals surface area (Å²) in [5.74, 6) is -0.904. The SMILES string of the molecule is Cc1ccc(C(=O)O)c(NCCOC2CCCC2)c1. The summed E-state index contributed by atoms with van der Waals surface area (Å²) >= 11 is 0. The zero-order chi connectivity index (χ0) is 13.7. The first-order valence-corrected chi connectivity index (χ1v) is 6.86. The van der Waals surface area contributed by atoms with Gasteiger partial charge in [0.1, 0.15) is 0 Å². The van der Waals surface area contributed by atoms with Crippen molar-refractivity contribution in [2.75, 3.05) is 18.5 Å². The number of carbonyl (C=O) groups is 1. The van der Waals surface area contributed by atoms with Crippen LogP contribution in [0.15, 0.2) is 18.2 Å². The number of aryl methyl sites for hydroxylation is 1. The summed E-state index contributed by atoms with van der Waals surface area (Å²) in [7, 11) is 0. The molecule has 1 aromatic rings. The Morgan fingerprint density at radius 1 is 1.42 bits per heavy atom. The number of carboxylic acids is 1. The minimum atomic E-state index is -0.904. The molecular formula is C15H21NO3. The van der Waals surface area contributed by atoms with E-state index in [0.717, 1.165) is 18.4 Å². The Balaban J connectivity index is 1.84. The van der Waals surface area contributed by atoms with Crippen molar-refractivity contribution in [2.24, 2.45) is 0 Å². The number of aromatic carboxylic acids is 1. The van der Waals surface area contributed by atoms with E-state index in [1.165, 1.54) is 12.8 Å². The summed E-state index contributed by atoms with van der Waals surface area (Å²) in [4.78, 5) is 11.1. The number of ether oxygens (including phenoxy) is 1. The van der Waals surface area contributed by atoms with Crippen LogP contribution in [0.5, 0.6) is 0 Å². The highest BCUT2D eigenvalue weighted by atomic mass is 16.5. The molecule has 0 aliphatic heterocycles. The summed E-state index contributed by atoms with van der Waals surface area (Å²) in [5, 5.41) is 12.3. The van der Waals surface area contributed by atoms with Gasteiger partial charge in [0.2, 0.25) is 0 Å². The molecule has 1 aromatic carbocycles. The van der Waals surface area contributed by atoms with E-state index < -0.39 is 5.97 Å². The molecule has 0 heterocycles. The molecule has 0 unspecified atom stereocenters. The number of nitrogens with one attached hydrogen (secondary N) is 1. The Kier molecular flexibility index (Phi) is 4.80. The lowest BCUT2D eigenvalue weighted by molar-refractivity contribution is 0.0656. The fourth-order valence-corrected chi connectivity index (χ4v) is 2.46. The first kappa shape index (κ1) is 13.9. The fraction of sp³-hybridized carbons (Fsp3) is 0.533. The minimum absolute atomic E-state index is 0.312. The third-order valence-electron chi connectivity index (χ3n) is 3.48. The summed E-state index contributed by atoms with van der Waals surface area (Å²) in [6.45, 7) is 3.21. The van der Waals surface area contributed by atoms with Gasteiger partial charge in [0.05, 0.1) is 18.3 Å². The average Bonchev–Trinajstić information content (AvgIpc) is 2.87. The quantitative estimate of drug-likeness (QED) is 0.774. The van der Waals surface area contributed by atoms with E-state index in [9.17, 15) is 4.79 Å². The maximum absolute atomic E-state index is 11.1. The van der Waals surface area contributed by atoms with Crippen LogP contribution in [-0.2, 0) is 4.74 Å². The second-order valence-corrected chi connectivity index (χ2v) is 5.06. The van der Waals surface area contributed by atoms with E-state index in [4.69, 9.17) is 9.84 Å². The fourth-order valence-electron chi connectivity index (χ4n) is 2.46. The Hall–Kier alpha value is -1.55. The van der Waals surface area contributed by atoms with E-state index in [1.807, 2.05) is 19.1 Å². The molecule has 1 fully saturated rings. The smallest absolute Gasteiger partial charge is 0.337 e. The molecule has 0 saturated heterocycles. The highest BCUT2D eigenvalue weighted by Crippen LogP contribution is 2.21. The van der Waals surface area contributed by atoms with Gasteiger partial charge < -0.3 is 15.2 Å². The van der Waals surface area contributed by atoms with Gasteiger partial charge in [-0.15, -0.1) is 0 Å². The van der Waals surface area contributed by atoms with Crippen molar-refractivity contribution in [3.8, 4) is 0 Å². The number of benzene rings is 1. The lowest BCUT2D eigenvalue weighted by atomic mass is 10.1. The van der Waals surface area contributed by atoms with Crippen molar-refractivity contribution in [2.45, 2.75) is 38.7 Å². The Morgan fingerprint density at radius 3 is 2.84 bits per heavy atom. The average molecular weight is 263 g/mol.